The zero-order chi connectivity index (χ0) is 16.4. The van der Waals surface area contributed by atoms with Gasteiger partial charge in [0.1, 0.15) is 6.33 Å². The molecule has 2 atom stereocenters. The molecule has 23 heavy (non-hydrogen) atoms. The predicted molar refractivity (Wildman–Crippen MR) is 87.4 cm³/mol. The van der Waals surface area contributed by atoms with Crippen LogP contribution in [0.3, 0.4) is 0 Å². The van der Waals surface area contributed by atoms with Crippen LogP contribution in [-0.4, -0.2) is 47.1 Å². The van der Waals surface area contributed by atoms with Gasteiger partial charge in [-0.2, -0.15) is 0 Å². The van der Waals surface area contributed by atoms with E-state index in [1.165, 1.54) is 12.8 Å². The van der Waals surface area contributed by atoms with Crippen molar-refractivity contribution in [3.63, 3.8) is 0 Å². The smallest absolute Gasteiger partial charge is 0.317 e. The van der Waals surface area contributed by atoms with Crippen molar-refractivity contribution in [3.8, 4) is 5.88 Å². The summed E-state index contributed by atoms with van der Waals surface area (Å²) in [6, 6.07) is 0.0512. The molecule has 2 amide bonds. The third-order valence-electron chi connectivity index (χ3n) is 5.44. The number of carbonyl (C=O) groups excluding carboxylic acids is 1. The lowest BCUT2D eigenvalue weighted by molar-refractivity contribution is 0.125. The molecule has 1 aliphatic carbocycles. The quantitative estimate of drug-likeness (QED) is 0.925. The van der Waals surface area contributed by atoms with Crippen LogP contribution in [0.15, 0.2) is 6.33 Å². The van der Waals surface area contributed by atoms with Crippen molar-refractivity contribution in [1.82, 2.24) is 20.2 Å². The van der Waals surface area contributed by atoms with Gasteiger partial charge in [-0.3, -0.25) is 0 Å². The summed E-state index contributed by atoms with van der Waals surface area (Å²) < 4.78 is 6.08. The van der Waals surface area contributed by atoms with E-state index in [0.29, 0.717) is 24.9 Å². The highest BCUT2D eigenvalue weighted by Crippen LogP contribution is 2.48. The number of rotatable bonds is 4. The zero-order valence-corrected chi connectivity index (χ0v) is 14.3. The van der Waals surface area contributed by atoms with Gasteiger partial charge in [0.05, 0.1) is 6.61 Å². The first-order chi connectivity index (χ1) is 11.1. The Morgan fingerprint density at radius 2 is 2.30 bits per heavy atom. The number of ether oxygens (including phenoxy) is 1. The molecule has 6 nitrogen and oxygen atoms in total. The maximum atomic E-state index is 12.1. The van der Waals surface area contributed by atoms with Crippen LogP contribution in [0, 0.1) is 25.2 Å². The molecule has 6 heteroatoms. The highest BCUT2D eigenvalue weighted by molar-refractivity contribution is 5.74. The summed E-state index contributed by atoms with van der Waals surface area (Å²) in [6.07, 6.45) is 5.08. The van der Waals surface area contributed by atoms with E-state index in [-0.39, 0.29) is 11.4 Å². The first-order valence-corrected chi connectivity index (χ1v) is 8.49. The van der Waals surface area contributed by atoms with Gasteiger partial charge in [-0.25, -0.2) is 14.8 Å². The lowest BCUT2D eigenvalue weighted by atomic mass is 9.81. The highest BCUT2D eigenvalue weighted by atomic mass is 16.5. The Labute approximate surface area is 137 Å². The fourth-order valence-electron chi connectivity index (χ4n) is 3.94. The first-order valence-electron chi connectivity index (χ1n) is 8.49. The minimum atomic E-state index is 0.0512. The zero-order valence-electron chi connectivity index (χ0n) is 14.3. The van der Waals surface area contributed by atoms with Gasteiger partial charge in [-0.15, -0.1) is 0 Å². The second-order valence-electron chi connectivity index (χ2n) is 6.85. The number of hydrogen-bond donors (Lipinski definition) is 1. The van der Waals surface area contributed by atoms with Crippen molar-refractivity contribution in [2.24, 2.45) is 11.3 Å². The van der Waals surface area contributed by atoms with Gasteiger partial charge in [-0.1, -0.05) is 6.42 Å². The van der Waals surface area contributed by atoms with Crippen LogP contribution in [0.2, 0.25) is 0 Å². The number of aromatic nitrogens is 2. The molecule has 0 aromatic carbocycles. The summed E-state index contributed by atoms with van der Waals surface area (Å²) in [6.45, 7) is 8.84. The number of nitrogens with zero attached hydrogens (tertiary/aromatic N) is 3. The molecule has 2 aliphatic rings. The fourth-order valence-corrected chi connectivity index (χ4v) is 3.94. The number of urea groups is 1. The Kier molecular flexibility index (Phi) is 4.41. The number of hydrogen-bond acceptors (Lipinski definition) is 4. The lowest BCUT2D eigenvalue weighted by Gasteiger charge is -2.28. The molecular weight excluding hydrogens is 292 g/mol. The Bertz CT molecular complexity index is 592. The highest BCUT2D eigenvalue weighted by Gasteiger charge is 2.51. The van der Waals surface area contributed by atoms with E-state index in [4.69, 9.17) is 4.74 Å². The molecule has 2 unspecified atom stereocenters. The van der Waals surface area contributed by atoms with Crippen LogP contribution in [0.1, 0.15) is 37.4 Å². The topological polar surface area (TPSA) is 67.4 Å². The number of amides is 2. The Hall–Kier alpha value is -1.85. The monoisotopic (exact) mass is 318 g/mol. The van der Waals surface area contributed by atoms with Crippen LogP contribution in [0.4, 0.5) is 4.79 Å². The van der Waals surface area contributed by atoms with Crippen molar-refractivity contribution >= 4 is 6.03 Å². The van der Waals surface area contributed by atoms with Crippen molar-refractivity contribution in [3.05, 3.63) is 17.6 Å². The fraction of sp³-hybridized carbons (Fsp3) is 0.706. The summed E-state index contributed by atoms with van der Waals surface area (Å²) in [5.41, 5.74) is 2.03. The standard InChI is InChI=1S/C17H26N4O2/c1-4-18-16(22)21-8-14-6-5-7-17(14,9-21)10-23-15-12(2)13(3)19-11-20-15/h11,14H,4-10H2,1-3H3,(H,18,22). The second kappa shape index (κ2) is 6.34. The third kappa shape index (κ3) is 2.99. The molecule has 2 heterocycles. The van der Waals surface area contributed by atoms with E-state index >= 15 is 0 Å². The molecule has 1 saturated heterocycles. The van der Waals surface area contributed by atoms with E-state index in [1.54, 1.807) is 6.33 Å². The summed E-state index contributed by atoms with van der Waals surface area (Å²) in [7, 11) is 0. The maximum absolute atomic E-state index is 12.1. The predicted octanol–water partition coefficient (Wildman–Crippen LogP) is 2.30. The van der Waals surface area contributed by atoms with Gasteiger partial charge in [0.15, 0.2) is 0 Å². The minimum Gasteiger partial charge on any atom is -0.477 e. The molecule has 2 fully saturated rings. The van der Waals surface area contributed by atoms with E-state index in [0.717, 1.165) is 30.8 Å². The molecule has 1 saturated carbocycles. The van der Waals surface area contributed by atoms with E-state index < -0.39 is 0 Å². The largest absolute Gasteiger partial charge is 0.477 e. The summed E-state index contributed by atoms with van der Waals surface area (Å²) in [5.74, 6) is 1.21. The summed E-state index contributed by atoms with van der Waals surface area (Å²) in [5, 5.41) is 2.91. The minimum absolute atomic E-state index is 0.0512. The van der Waals surface area contributed by atoms with E-state index in [1.807, 2.05) is 25.7 Å². The molecule has 126 valence electrons. The van der Waals surface area contributed by atoms with Crippen molar-refractivity contribution < 1.29 is 9.53 Å². The molecule has 0 bridgehead atoms. The van der Waals surface area contributed by atoms with Crippen LogP contribution in [-0.2, 0) is 0 Å². The van der Waals surface area contributed by atoms with Gasteiger partial charge in [0.2, 0.25) is 5.88 Å². The van der Waals surface area contributed by atoms with Gasteiger partial charge >= 0.3 is 6.03 Å². The van der Waals surface area contributed by atoms with Crippen molar-refractivity contribution in [2.45, 2.75) is 40.0 Å². The Morgan fingerprint density at radius 3 is 3.09 bits per heavy atom. The summed E-state index contributed by atoms with van der Waals surface area (Å²) in [4.78, 5) is 22.6. The van der Waals surface area contributed by atoms with E-state index in [9.17, 15) is 4.79 Å². The maximum Gasteiger partial charge on any atom is 0.317 e. The third-order valence-corrected chi connectivity index (χ3v) is 5.44. The number of aryl methyl sites for hydroxylation is 1. The molecule has 1 aromatic rings. The molecule has 1 N–H and O–H groups in total. The van der Waals surface area contributed by atoms with Crippen LogP contribution in [0.5, 0.6) is 5.88 Å². The second-order valence-corrected chi connectivity index (χ2v) is 6.85. The summed E-state index contributed by atoms with van der Waals surface area (Å²) >= 11 is 0. The average Bonchev–Trinajstić information content (AvgIpc) is 3.06. The first kappa shape index (κ1) is 16.0. The number of carbonyl (C=O) groups is 1. The van der Waals surface area contributed by atoms with Gasteiger partial charge in [0, 0.05) is 36.3 Å². The van der Waals surface area contributed by atoms with Gasteiger partial charge < -0.3 is 15.0 Å². The van der Waals surface area contributed by atoms with Crippen LogP contribution in [0.25, 0.3) is 0 Å². The SMILES string of the molecule is CCNC(=O)N1CC2CCCC2(COc2ncnc(C)c2C)C1. The van der Waals surface area contributed by atoms with Crippen molar-refractivity contribution in [1.29, 1.82) is 0 Å². The molecule has 1 aromatic heterocycles. The molecule has 0 radical (unpaired) electrons. The Morgan fingerprint density at radius 1 is 1.48 bits per heavy atom. The van der Waals surface area contributed by atoms with Crippen molar-refractivity contribution in [2.75, 3.05) is 26.2 Å². The van der Waals surface area contributed by atoms with E-state index in [2.05, 4.69) is 15.3 Å². The number of fused-ring (bicyclic) bond motifs is 1. The molecule has 0 spiro atoms. The van der Waals surface area contributed by atoms with Gasteiger partial charge in [0.25, 0.3) is 0 Å². The normalized spacial score (nSPS) is 26.2. The van der Waals surface area contributed by atoms with Crippen LogP contribution < -0.4 is 10.1 Å². The lowest BCUT2D eigenvalue weighted by Crippen LogP contribution is -2.40. The molecule has 3 rings (SSSR count). The number of nitrogens with one attached hydrogen (secondary N) is 1. The average molecular weight is 318 g/mol. The number of likely N-dealkylation sites (tertiary alicyclic amines) is 1. The molecule has 1 aliphatic heterocycles. The molecular formula is C17H26N4O2. The van der Waals surface area contributed by atoms with Crippen LogP contribution >= 0.6 is 0 Å². The van der Waals surface area contributed by atoms with Gasteiger partial charge in [-0.05, 0) is 39.5 Å². The Balaban J connectivity index is 1.70.